The quantitative estimate of drug-likeness (QED) is 0.485. The molecule has 1 aromatic rings. The number of benzene rings is 1. The number of nitrogens with one attached hydrogen (secondary N) is 1. The van der Waals surface area contributed by atoms with Gasteiger partial charge >= 0.3 is 5.69 Å². The number of nitro benzene ring substituents is 1. The van der Waals surface area contributed by atoms with Crippen LogP contribution < -0.4 is 5.32 Å². The number of nitrogens with zero attached hydrogens (tertiary/aromatic N) is 1. The van der Waals surface area contributed by atoms with Gasteiger partial charge in [0.15, 0.2) is 0 Å². The summed E-state index contributed by atoms with van der Waals surface area (Å²) in [5, 5.41) is 13.4. The molecule has 1 rings (SSSR count). The van der Waals surface area contributed by atoms with Crippen molar-refractivity contribution in [1.82, 2.24) is 0 Å². The maximum Gasteiger partial charge on any atom is 0.327 e. The van der Waals surface area contributed by atoms with Gasteiger partial charge in [0.05, 0.1) is 10.5 Å². The van der Waals surface area contributed by atoms with Gasteiger partial charge in [0.2, 0.25) is 5.82 Å². The van der Waals surface area contributed by atoms with Gasteiger partial charge in [0.1, 0.15) is 5.69 Å². The number of hydrogen-bond acceptors (Lipinski definition) is 3. The lowest BCUT2D eigenvalue weighted by atomic mass is 10.1. The molecule has 0 saturated carbocycles. The second-order valence-corrected chi connectivity index (χ2v) is 3.79. The van der Waals surface area contributed by atoms with Crippen LogP contribution in [0, 0.1) is 28.3 Å². The number of nitro groups is 1. The van der Waals surface area contributed by atoms with Crippen molar-refractivity contribution in [2.75, 3.05) is 5.32 Å². The van der Waals surface area contributed by atoms with E-state index >= 15 is 0 Å². The number of terminal acetylenes is 1. The Morgan fingerprint density at radius 1 is 1.56 bits per heavy atom. The Hall–Kier alpha value is -2.09. The molecule has 1 N–H and O–H groups in total. The van der Waals surface area contributed by atoms with Crippen molar-refractivity contribution in [3.05, 3.63) is 34.1 Å². The molecule has 0 amide bonds. The second kappa shape index (κ2) is 4.19. The maximum absolute atomic E-state index is 13.2. The van der Waals surface area contributed by atoms with Crippen LogP contribution in [0.15, 0.2) is 18.2 Å². The molecule has 0 aliphatic heterocycles. The Morgan fingerprint density at radius 2 is 2.19 bits per heavy atom. The van der Waals surface area contributed by atoms with Crippen molar-refractivity contribution in [3.63, 3.8) is 0 Å². The van der Waals surface area contributed by atoms with E-state index in [1.54, 1.807) is 13.8 Å². The van der Waals surface area contributed by atoms with Gasteiger partial charge in [-0.1, -0.05) is 12.0 Å². The number of anilines is 1. The number of para-hydroxylation sites is 1. The Morgan fingerprint density at radius 3 is 2.69 bits per heavy atom. The van der Waals surface area contributed by atoms with E-state index in [1.807, 2.05) is 0 Å². The summed E-state index contributed by atoms with van der Waals surface area (Å²) in [5.74, 6) is 1.53. The monoisotopic (exact) mass is 222 g/mol. The first-order valence-electron chi connectivity index (χ1n) is 4.56. The fourth-order valence-electron chi connectivity index (χ4n) is 1.17. The van der Waals surface area contributed by atoms with Crippen molar-refractivity contribution >= 4 is 11.4 Å². The zero-order valence-corrected chi connectivity index (χ0v) is 8.95. The summed E-state index contributed by atoms with van der Waals surface area (Å²) < 4.78 is 13.2. The third-order valence-electron chi connectivity index (χ3n) is 1.98. The zero-order chi connectivity index (χ0) is 12.3. The van der Waals surface area contributed by atoms with E-state index in [-0.39, 0.29) is 5.69 Å². The third kappa shape index (κ3) is 2.48. The predicted molar refractivity (Wildman–Crippen MR) is 59.6 cm³/mol. The van der Waals surface area contributed by atoms with E-state index in [4.69, 9.17) is 6.42 Å². The van der Waals surface area contributed by atoms with E-state index in [1.165, 1.54) is 12.1 Å². The molecule has 0 saturated heterocycles. The van der Waals surface area contributed by atoms with Crippen LogP contribution in [0.5, 0.6) is 0 Å². The molecule has 0 heterocycles. The molecule has 0 atom stereocenters. The first-order chi connectivity index (χ1) is 7.37. The van der Waals surface area contributed by atoms with Crippen LogP contribution in [0.25, 0.3) is 0 Å². The van der Waals surface area contributed by atoms with E-state index in [0.29, 0.717) is 0 Å². The summed E-state index contributed by atoms with van der Waals surface area (Å²) in [7, 11) is 0. The average molecular weight is 222 g/mol. The van der Waals surface area contributed by atoms with Crippen molar-refractivity contribution in [2.24, 2.45) is 0 Å². The van der Waals surface area contributed by atoms with Crippen LogP contribution in [0.1, 0.15) is 13.8 Å². The fraction of sp³-hybridized carbons (Fsp3) is 0.273. The SMILES string of the molecule is C#CC(C)(C)Nc1cccc(F)c1[N+](=O)[O-]. The fourth-order valence-corrected chi connectivity index (χ4v) is 1.17. The highest BCUT2D eigenvalue weighted by Gasteiger charge is 2.23. The Balaban J connectivity index is 3.21. The zero-order valence-electron chi connectivity index (χ0n) is 8.95. The maximum atomic E-state index is 13.2. The standard InChI is InChI=1S/C11H11FN2O2/c1-4-11(2,3)13-9-7-5-6-8(12)10(9)14(15)16/h1,5-7,13H,2-3H3. The molecule has 0 fully saturated rings. The van der Waals surface area contributed by atoms with Gasteiger partial charge in [-0.2, -0.15) is 4.39 Å². The highest BCUT2D eigenvalue weighted by Crippen LogP contribution is 2.29. The lowest BCUT2D eigenvalue weighted by molar-refractivity contribution is -0.386. The van der Waals surface area contributed by atoms with Crippen LogP contribution in [0.3, 0.4) is 0 Å². The molecule has 0 bridgehead atoms. The molecule has 0 unspecified atom stereocenters. The van der Waals surface area contributed by atoms with Crippen molar-refractivity contribution in [3.8, 4) is 12.3 Å². The molecule has 1 aromatic carbocycles. The smallest absolute Gasteiger partial charge is 0.327 e. The van der Waals surface area contributed by atoms with Crippen LogP contribution in [0.4, 0.5) is 15.8 Å². The minimum absolute atomic E-state index is 0.0768. The Labute approximate surface area is 92.6 Å². The first kappa shape index (κ1) is 12.0. The van der Waals surface area contributed by atoms with Crippen LogP contribution in [-0.4, -0.2) is 10.5 Å². The van der Waals surface area contributed by atoms with Gasteiger partial charge < -0.3 is 5.32 Å². The third-order valence-corrected chi connectivity index (χ3v) is 1.98. The van der Waals surface area contributed by atoms with Gasteiger partial charge in [-0.15, -0.1) is 6.42 Å². The molecule has 0 aliphatic rings. The molecule has 4 nitrogen and oxygen atoms in total. The molecule has 0 radical (unpaired) electrons. The highest BCUT2D eigenvalue weighted by molar-refractivity contribution is 5.63. The van der Waals surface area contributed by atoms with Crippen LogP contribution in [0.2, 0.25) is 0 Å². The lowest BCUT2D eigenvalue weighted by Crippen LogP contribution is -2.28. The minimum Gasteiger partial charge on any atom is -0.364 e. The van der Waals surface area contributed by atoms with Gasteiger partial charge in [-0.05, 0) is 26.0 Å². The molecular formula is C11H11FN2O2. The second-order valence-electron chi connectivity index (χ2n) is 3.79. The molecule has 0 spiro atoms. The normalized spacial score (nSPS) is 10.6. The summed E-state index contributed by atoms with van der Waals surface area (Å²) in [6.45, 7) is 3.34. The Bertz CT molecular complexity index is 464. The first-order valence-corrected chi connectivity index (χ1v) is 4.56. The lowest BCUT2D eigenvalue weighted by Gasteiger charge is -2.20. The van der Waals surface area contributed by atoms with Crippen molar-refractivity contribution in [1.29, 1.82) is 0 Å². The molecule has 84 valence electrons. The summed E-state index contributed by atoms with van der Waals surface area (Å²) >= 11 is 0. The van der Waals surface area contributed by atoms with Crippen molar-refractivity contribution < 1.29 is 9.31 Å². The summed E-state index contributed by atoms with van der Waals surface area (Å²) in [5.41, 5.74) is -1.29. The minimum atomic E-state index is -0.886. The van der Waals surface area contributed by atoms with E-state index in [9.17, 15) is 14.5 Å². The van der Waals surface area contributed by atoms with E-state index in [0.717, 1.165) is 6.07 Å². The molecule has 16 heavy (non-hydrogen) atoms. The Kier molecular flexibility index (Phi) is 3.14. The molecule has 0 aromatic heterocycles. The number of halogens is 1. The van der Waals surface area contributed by atoms with Gasteiger partial charge in [-0.25, -0.2) is 0 Å². The summed E-state index contributed by atoms with van der Waals surface area (Å²) in [6.07, 6.45) is 5.24. The highest BCUT2D eigenvalue weighted by atomic mass is 19.1. The predicted octanol–water partition coefficient (Wildman–Crippen LogP) is 2.56. The van der Waals surface area contributed by atoms with Gasteiger partial charge in [0, 0.05) is 0 Å². The van der Waals surface area contributed by atoms with E-state index < -0.39 is 22.0 Å². The topological polar surface area (TPSA) is 55.2 Å². The summed E-state index contributed by atoms with van der Waals surface area (Å²) in [6, 6.07) is 3.84. The van der Waals surface area contributed by atoms with E-state index in [2.05, 4.69) is 11.2 Å². The number of hydrogen-bond donors (Lipinski definition) is 1. The molecule has 0 aliphatic carbocycles. The van der Waals surface area contributed by atoms with Crippen LogP contribution in [-0.2, 0) is 0 Å². The summed E-state index contributed by atoms with van der Waals surface area (Å²) in [4.78, 5) is 9.92. The largest absolute Gasteiger partial charge is 0.364 e. The average Bonchev–Trinajstić information content (AvgIpc) is 2.16. The van der Waals surface area contributed by atoms with Gasteiger partial charge in [0.25, 0.3) is 0 Å². The molecular weight excluding hydrogens is 211 g/mol. The number of rotatable bonds is 3. The van der Waals surface area contributed by atoms with Gasteiger partial charge in [-0.3, -0.25) is 10.1 Å². The molecule has 5 heteroatoms. The van der Waals surface area contributed by atoms with Crippen molar-refractivity contribution in [2.45, 2.75) is 19.4 Å². The van der Waals surface area contributed by atoms with Crippen LogP contribution >= 0.6 is 0 Å².